The highest BCUT2D eigenvalue weighted by molar-refractivity contribution is 6.18. The summed E-state index contributed by atoms with van der Waals surface area (Å²) in [7, 11) is 0. The third kappa shape index (κ3) is 2.45. The van der Waals surface area contributed by atoms with E-state index in [0.29, 0.717) is 5.56 Å². The van der Waals surface area contributed by atoms with Crippen molar-refractivity contribution in [3.05, 3.63) is 53.5 Å². The molecule has 1 fully saturated rings. The van der Waals surface area contributed by atoms with E-state index in [0.717, 1.165) is 0 Å². The van der Waals surface area contributed by atoms with Crippen LogP contribution in [-0.4, -0.2) is 33.7 Å². The molecule has 1 heterocycles. The maximum Gasteiger partial charge on any atom is 0.179 e. The molecule has 1 saturated heterocycles. The van der Waals surface area contributed by atoms with Gasteiger partial charge in [-0.2, -0.15) is 0 Å². The largest absolute Gasteiger partial charge is 0.508 e. The number of ketones is 3. The number of aromatic hydroxyl groups is 1. The Morgan fingerprint density at radius 1 is 1.16 bits per heavy atom. The Morgan fingerprint density at radius 2 is 1.80 bits per heavy atom. The third-order valence-corrected chi connectivity index (χ3v) is 4.80. The first-order valence-electron chi connectivity index (χ1n) is 7.91. The lowest BCUT2D eigenvalue weighted by molar-refractivity contribution is -0.156. The van der Waals surface area contributed by atoms with Crippen molar-refractivity contribution in [3.63, 3.8) is 0 Å². The zero-order valence-corrected chi connectivity index (χ0v) is 13.9. The van der Waals surface area contributed by atoms with Crippen molar-refractivity contribution in [2.75, 3.05) is 0 Å². The van der Waals surface area contributed by atoms with Crippen molar-refractivity contribution >= 4 is 17.3 Å². The van der Waals surface area contributed by atoms with Crippen LogP contribution in [0.4, 0.5) is 0 Å². The number of hydrogen-bond donors (Lipinski definition) is 2. The van der Waals surface area contributed by atoms with Crippen LogP contribution in [0.15, 0.2) is 47.9 Å². The number of ether oxygens (including phenoxy) is 1. The number of allylic oxidation sites excluding steroid dienone is 3. The molecule has 0 aromatic heterocycles. The number of benzene rings is 1. The summed E-state index contributed by atoms with van der Waals surface area (Å²) in [5.41, 5.74) is -1.47. The Bertz CT molecular complexity index is 817. The Kier molecular flexibility index (Phi) is 3.99. The standard InChI is InChI=1S/C19H18O6/c1-10(20)18-19(11(2)21,12-3-5-13(22)6-4-12)17(24)15-8-7-14(23)9-16(15)25-18/h3-7,9,15,18,22-23H,8H2,1-2H3. The van der Waals surface area contributed by atoms with Crippen LogP contribution in [0.3, 0.4) is 0 Å². The predicted octanol–water partition coefficient (Wildman–Crippen LogP) is 2.12. The second-order valence-electron chi connectivity index (χ2n) is 6.35. The van der Waals surface area contributed by atoms with E-state index in [4.69, 9.17) is 4.74 Å². The van der Waals surface area contributed by atoms with Gasteiger partial charge in [-0.3, -0.25) is 14.4 Å². The van der Waals surface area contributed by atoms with Crippen LogP contribution < -0.4 is 0 Å². The first-order chi connectivity index (χ1) is 11.8. The fourth-order valence-electron chi connectivity index (χ4n) is 3.61. The maximum atomic E-state index is 13.4. The number of phenols is 1. The zero-order valence-electron chi connectivity index (χ0n) is 13.9. The van der Waals surface area contributed by atoms with Gasteiger partial charge in [-0.25, -0.2) is 0 Å². The SMILES string of the molecule is CC(=O)C1OC2=CC(O)=CCC2C(=O)C1(C(C)=O)c1ccc(O)cc1. The van der Waals surface area contributed by atoms with Gasteiger partial charge in [-0.15, -0.1) is 0 Å². The van der Waals surface area contributed by atoms with Gasteiger partial charge in [-0.1, -0.05) is 12.1 Å². The van der Waals surface area contributed by atoms with Crippen LogP contribution in [0.2, 0.25) is 0 Å². The van der Waals surface area contributed by atoms with Gasteiger partial charge in [-0.05, 0) is 44.0 Å². The summed E-state index contributed by atoms with van der Waals surface area (Å²) in [6.45, 7) is 2.52. The second kappa shape index (κ2) is 5.88. The molecule has 0 spiro atoms. The van der Waals surface area contributed by atoms with E-state index in [1.807, 2.05) is 0 Å². The molecule has 1 aromatic rings. The number of fused-ring (bicyclic) bond motifs is 1. The minimum Gasteiger partial charge on any atom is -0.508 e. The highest BCUT2D eigenvalue weighted by Gasteiger charge is 2.60. The first kappa shape index (κ1) is 17.0. The average Bonchev–Trinajstić information content (AvgIpc) is 2.55. The molecule has 0 bridgehead atoms. The molecule has 2 N–H and O–H groups in total. The number of carbonyl (C=O) groups excluding carboxylic acids is 3. The van der Waals surface area contributed by atoms with Crippen molar-refractivity contribution in [1.82, 2.24) is 0 Å². The van der Waals surface area contributed by atoms with Gasteiger partial charge in [0.2, 0.25) is 0 Å². The van der Waals surface area contributed by atoms with Crippen LogP contribution in [0, 0.1) is 5.92 Å². The fourth-order valence-corrected chi connectivity index (χ4v) is 3.61. The first-order valence-corrected chi connectivity index (χ1v) is 7.91. The number of rotatable bonds is 3. The van der Waals surface area contributed by atoms with Crippen molar-refractivity contribution in [1.29, 1.82) is 0 Å². The molecule has 3 unspecified atom stereocenters. The average molecular weight is 342 g/mol. The lowest BCUT2D eigenvalue weighted by atomic mass is 9.62. The summed E-state index contributed by atoms with van der Waals surface area (Å²) in [5.74, 6) is -2.01. The molecule has 1 aromatic carbocycles. The molecular weight excluding hydrogens is 324 g/mol. The van der Waals surface area contributed by atoms with Gasteiger partial charge in [0.15, 0.2) is 28.9 Å². The molecule has 130 valence electrons. The normalized spacial score (nSPS) is 28.3. The molecule has 3 rings (SSSR count). The van der Waals surface area contributed by atoms with E-state index in [9.17, 15) is 24.6 Å². The van der Waals surface area contributed by atoms with Crippen LogP contribution >= 0.6 is 0 Å². The minimum atomic E-state index is -1.78. The molecule has 2 aliphatic rings. The number of phenolic OH excluding ortho intramolecular Hbond substituents is 1. The summed E-state index contributed by atoms with van der Waals surface area (Å²) < 4.78 is 5.76. The van der Waals surface area contributed by atoms with E-state index in [2.05, 4.69) is 0 Å². The van der Waals surface area contributed by atoms with Crippen molar-refractivity contribution in [2.24, 2.45) is 5.92 Å². The van der Waals surface area contributed by atoms with Gasteiger partial charge in [0, 0.05) is 6.08 Å². The third-order valence-electron chi connectivity index (χ3n) is 4.80. The highest BCUT2D eigenvalue weighted by atomic mass is 16.5. The van der Waals surface area contributed by atoms with Gasteiger partial charge < -0.3 is 14.9 Å². The summed E-state index contributed by atoms with van der Waals surface area (Å²) >= 11 is 0. The molecule has 0 saturated carbocycles. The molecule has 1 aliphatic heterocycles. The number of aliphatic hydroxyl groups excluding tert-OH is 1. The molecule has 0 radical (unpaired) electrons. The zero-order chi connectivity index (χ0) is 18.4. The summed E-state index contributed by atoms with van der Waals surface area (Å²) in [6, 6.07) is 5.64. The Labute approximate surface area is 144 Å². The van der Waals surface area contributed by atoms with E-state index in [1.165, 1.54) is 50.3 Å². The van der Waals surface area contributed by atoms with Crippen LogP contribution in [0.5, 0.6) is 5.75 Å². The lowest BCUT2D eigenvalue weighted by Crippen LogP contribution is -2.61. The Morgan fingerprint density at radius 3 is 2.36 bits per heavy atom. The van der Waals surface area contributed by atoms with Crippen molar-refractivity contribution in [3.8, 4) is 5.75 Å². The maximum absolute atomic E-state index is 13.4. The minimum absolute atomic E-state index is 0.0166. The molecular formula is C19H18O6. The molecule has 3 atom stereocenters. The fraction of sp³-hybridized carbons (Fsp3) is 0.316. The number of aliphatic hydroxyl groups is 1. The predicted molar refractivity (Wildman–Crippen MR) is 87.9 cm³/mol. The van der Waals surface area contributed by atoms with Crippen LogP contribution in [-0.2, 0) is 24.5 Å². The molecule has 25 heavy (non-hydrogen) atoms. The van der Waals surface area contributed by atoms with Gasteiger partial charge >= 0.3 is 0 Å². The summed E-state index contributed by atoms with van der Waals surface area (Å²) in [5, 5.41) is 19.2. The monoisotopic (exact) mass is 342 g/mol. The van der Waals surface area contributed by atoms with Crippen molar-refractivity contribution < 1.29 is 29.3 Å². The van der Waals surface area contributed by atoms with E-state index in [-0.39, 0.29) is 23.7 Å². The Hall–Kier alpha value is -2.89. The number of carbonyl (C=O) groups is 3. The molecule has 1 aliphatic carbocycles. The Balaban J connectivity index is 2.23. The highest BCUT2D eigenvalue weighted by Crippen LogP contribution is 2.45. The summed E-state index contributed by atoms with van der Waals surface area (Å²) in [6.07, 6.45) is 1.65. The molecule has 6 heteroatoms. The van der Waals surface area contributed by atoms with Gasteiger partial charge in [0.05, 0.1) is 5.92 Å². The topological polar surface area (TPSA) is 101 Å². The van der Waals surface area contributed by atoms with Crippen molar-refractivity contribution in [2.45, 2.75) is 31.8 Å². The quantitative estimate of drug-likeness (QED) is 0.816. The summed E-state index contributed by atoms with van der Waals surface area (Å²) in [4.78, 5) is 38.3. The van der Waals surface area contributed by atoms with E-state index >= 15 is 0 Å². The second-order valence-corrected chi connectivity index (χ2v) is 6.35. The van der Waals surface area contributed by atoms with Gasteiger partial charge in [0.1, 0.15) is 17.3 Å². The van der Waals surface area contributed by atoms with Gasteiger partial charge in [0.25, 0.3) is 0 Å². The number of Topliss-reactive ketones (excluding diaryl/α,β-unsaturated/α-hetero) is 3. The van der Waals surface area contributed by atoms with Crippen LogP contribution in [0.1, 0.15) is 25.8 Å². The smallest absolute Gasteiger partial charge is 0.179 e. The number of hydrogen-bond acceptors (Lipinski definition) is 6. The lowest BCUT2D eigenvalue weighted by Gasteiger charge is -2.44. The van der Waals surface area contributed by atoms with E-state index in [1.54, 1.807) is 0 Å². The van der Waals surface area contributed by atoms with Crippen LogP contribution in [0.25, 0.3) is 0 Å². The van der Waals surface area contributed by atoms with E-state index < -0.39 is 34.8 Å². The molecule has 0 amide bonds. The molecule has 6 nitrogen and oxygen atoms in total.